The van der Waals surface area contributed by atoms with E-state index < -0.39 is 13.5 Å². The van der Waals surface area contributed by atoms with Crippen LogP contribution >= 0.6 is 7.14 Å². The Hall–Kier alpha value is -0.950. The van der Waals surface area contributed by atoms with E-state index in [9.17, 15) is 14.2 Å². The molecule has 2 amide bonds. The highest BCUT2D eigenvalue weighted by Crippen LogP contribution is 2.43. The van der Waals surface area contributed by atoms with Gasteiger partial charge in [-0.05, 0) is 0 Å². The number of aliphatic hydroxyl groups is 1. The molecule has 0 aliphatic carbocycles. The van der Waals surface area contributed by atoms with Gasteiger partial charge in [-0.3, -0.25) is 9.59 Å². The lowest BCUT2D eigenvalue weighted by Gasteiger charge is -2.16. The van der Waals surface area contributed by atoms with E-state index in [1.807, 2.05) is 0 Å². The van der Waals surface area contributed by atoms with Gasteiger partial charge in [-0.2, -0.15) is 0 Å². The lowest BCUT2D eigenvalue weighted by molar-refractivity contribution is -0.121. The van der Waals surface area contributed by atoms with Gasteiger partial charge in [0.15, 0.2) is 7.14 Å². The van der Waals surface area contributed by atoms with Gasteiger partial charge in [0.05, 0.1) is 0 Å². The van der Waals surface area contributed by atoms with Crippen LogP contribution in [0.4, 0.5) is 0 Å². The average Bonchev–Trinajstić information content (AvgIpc) is 2.30. The van der Waals surface area contributed by atoms with Gasteiger partial charge in [0.2, 0.25) is 11.8 Å². The van der Waals surface area contributed by atoms with E-state index in [0.717, 1.165) is 0 Å². The maximum absolute atomic E-state index is 11.9. The molecule has 0 aliphatic rings. The Labute approximate surface area is 105 Å². The van der Waals surface area contributed by atoms with Crippen molar-refractivity contribution in [1.29, 1.82) is 0 Å². The first kappa shape index (κ1) is 17.1. The fourth-order valence-corrected chi connectivity index (χ4v) is 1.93. The molecule has 0 rings (SSSR count). The molecular weight excluding hydrogens is 263 g/mol. The standard InChI is InChI=1S/C9H19N2O6P/c1-8(13)10-3-16-6-18(15,5-12)7-17-4-11-9(2)14/h12H,3-7H2,1-2H3,(H,10,13)(H,11,14). The number of ether oxygens (including phenoxy) is 2. The minimum atomic E-state index is -3.01. The largest absolute Gasteiger partial charge is 0.388 e. The number of carbonyl (C=O) groups excluding carboxylic acids is 2. The predicted molar refractivity (Wildman–Crippen MR) is 64.0 cm³/mol. The van der Waals surface area contributed by atoms with E-state index >= 15 is 0 Å². The summed E-state index contributed by atoms with van der Waals surface area (Å²) < 4.78 is 21.9. The molecule has 0 fully saturated rings. The van der Waals surface area contributed by atoms with Crippen LogP contribution in [0.3, 0.4) is 0 Å². The van der Waals surface area contributed by atoms with Crippen LogP contribution in [0.15, 0.2) is 0 Å². The minimum absolute atomic E-state index is 0.0784. The lowest BCUT2D eigenvalue weighted by atomic mass is 10.7. The third-order valence-corrected chi connectivity index (χ3v) is 3.58. The average molecular weight is 282 g/mol. The Balaban J connectivity index is 3.84. The van der Waals surface area contributed by atoms with Crippen LogP contribution in [0.2, 0.25) is 0 Å². The molecule has 0 aliphatic heterocycles. The summed E-state index contributed by atoms with van der Waals surface area (Å²) in [6, 6.07) is 0. The molecule has 0 aromatic rings. The van der Waals surface area contributed by atoms with Crippen molar-refractivity contribution in [2.24, 2.45) is 0 Å². The molecule has 8 nitrogen and oxygen atoms in total. The van der Waals surface area contributed by atoms with Crippen molar-refractivity contribution in [2.75, 3.05) is 32.5 Å². The van der Waals surface area contributed by atoms with Gasteiger partial charge < -0.3 is 29.8 Å². The molecule has 0 bridgehead atoms. The molecular formula is C9H19N2O6P. The SMILES string of the molecule is CC(=O)NCOCP(=O)(CO)COCNC(C)=O. The number of nitrogens with one attached hydrogen (secondary N) is 2. The topological polar surface area (TPSA) is 114 Å². The Morgan fingerprint density at radius 2 is 1.44 bits per heavy atom. The fourth-order valence-electron chi connectivity index (χ4n) is 0.848. The second kappa shape index (κ2) is 9.04. The number of amides is 2. The number of rotatable bonds is 9. The highest BCUT2D eigenvalue weighted by molar-refractivity contribution is 7.63. The summed E-state index contributed by atoms with van der Waals surface area (Å²) in [5.41, 5.74) is 0. The first-order valence-electron chi connectivity index (χ1n) is 5.22. The first-order chi connectivity index (χ1) is 8.39. The summed E-state index contributed by atoms with van der Waals surface area (Å²) in [4.78, 5) is 21.1. The van der Waals surface area contributed by atoms with E-state index in [1.165, 1.54) is 13.8 Å². The van der Waals surface area contributed by atoms with Crippen molar-refractivity contribution < 1.29 is 28.7 Å². The predicted octanol–water partition coefficient (Wildman–Crippen LogP) is -0.565. The molecule has 0 saturated carbocycles. The molecule has 0 radical (unpaired) electrons. The summed E-state index contributed by atoms with van der Waals surface area (Å²) >= 11 is 0. The lowest BCUT2D eigenvalue weighted by Crippen LogP contribution is -2.25. The van der Waals surface area contributed by atoms with E-state index in [2.05, 4.69) is 10.6 Å². The van der Waals surface area contributed by atoms with E-state index in [4.69, 9.17) is 14.6 Å². The Morgan fingerprint density at radius 3 is 1.72 bits per heavy atom. The maximum Gasteiger partial charge on any atom is 0.218 e. The van der Waals surface area contributed by atoms with Gasteiger partial charge in [-0.25, -0.2) is 0 Å². The van der Waals surface area contributed by atoms with Gasteiger partial charge in [0.25, 0.3) is 0 Å². The minimum Gasteiger partial charge on any atom is -0.388 e. The van der Waals surface area contributed by atoms with Crippen molar-refractivity contribution in [3.8, 4) is 0 Å². The van der Waals surface area contributed by atoms with Gasteiger partial charge in [0.1, 0.15) is 32.5 Å². The molecule has 3 N–H and O–H groups in total. The number of aliphatic hydroxyl groups excluding tert-OH is 1. The van der Waals surface area contributed by atoms with E-state index in [1.54, 1.807) is 0 Å². The summed E-state index contributed by atoms with van der Waals surface area (Å²) in [7, 11) is -3.01. The molecule has 9 heteroatoms. The van der Waals surface area contributed by atoms with Gasteiger partial charge >= 0.3 is 0 Å². The molecule has 0 spiro atoms. The molecule has 0 saturated heterocycles. The molecule has 0 atom stereocenters. The molecule has 0 unspecified atom stereocenters. The van der Waals surface area contributed by atoms with Crippen molar-refractivity contribution in [1.82, 2.24) is 10.6 Å². The van der Waals surface area contributed by atoms with Crippen LogP contribution in [0.25, 0.3) is 0 Å². The molecule has 18 heavy (non-hydrogen) atoms. The van der Waals surface area contributed by atoms with Gasteiger partial charge in [-0.15, -0.1) is 0 Å². The summed E-state index contributed by atoms with van der Waals surface area (Å²) in [5, 5.41) is 13.7. The van der Waals surface area contributed by atoms with Crippen LogP contribution in [0.5, 0.6) is 0 Å². The van der Waals surface area contributed by atoms with Crippen molar-refractivity contribution in [2.45, 2.75) is 13.8 Å². The van der Waals surface area contributed by atoms with E-state index in [0.29, 0.717) is 0 Å². The van der Waals surface area contributed by atoms with Crippen LogP contribution in [-0.2, 0) is 23.6 Å². The number of carbonyl (C=O) groups is 2. The van der Waals surface area contributed by atoms with Gasteiger partial charge in [0, 0.05) is 13.8 Å². The maximum atomic E-state index is 11.9. The van der Waals surface area contributed by atoms with Crippen molar-refractivity contribution in [3.05, 3.63) is 0 Å². The summed E-state index contributed by atoms with van der Waals surface area (Å²) in [6.07, 6.45) is -0.971. The third-order valence-electron chi connectivity index (χ3n) is 1.76. The summed E-state index contributed by atoms with van der Waals surface area (Å²) in [6.45, 7) is 2.49. The zero-order valence-electron chi connectivity index (χ0n) is 10.5. The second-order valence-electron chi connectivity index (χ2n) is 3.62. The number of hydrogen-bond acceptors (Lipinski definition) is 6. The molecule has 0 aromatic carbocycles. The summed E-state index contributed by atoms with van der Waals surface area (Å²) in [5.74, 6) is -0.536. The second-order valence-corrected chi connectivity index (χ2v) is 6.54. The Kier molecular flexibility index (Phi) is 8.57. The van der Waals surface area contributed by atoms with Crippen LogP contribution in [-0.4, -0.2) is 49.4 Å². The van der Waals surface area contributed by atoms with Crippen molar-refractivity contribution in [3.63, 3.8) is 0 Å². The zero-order valence-corrected chi connectivity index (χ0v) is 11.4. The van der Waals surface area contributed by atoms with Crippen LogP contribution in [0.1, 0.15) is 13.8 Å². The smallest absolute Gasteiger partial charge is 0.218 e. The monoisotopic (exact) mass is 282 g/mol. The zero-order chi connectivity index (χ0) is 14.0. The fraction of sp³-hybridized carbons (Fsp3) is 0.778. The molecule has 106 valence electrons. The Bertz CT molecular complexity index is 296. The third kappa shape index (κ3) is 9.12. The van der Waals surface area contributed by atoms with Crippen LogP contribution in [0, 0.1) is 0 Å². The van der Waals surface area contributed by atoms with Gasteiger partial charge in [-0.1, -0.05) is 0 Å². The highest BCUT2D eigenvalue weighted by atomic mass is 31.2. The van der Waals surface area contributed by atoms with Crippen molar-refractivity contribution >= 4 is 19.0 Å². The molecule has 0 aromatic heterocycles. The normalized spacial score (nSPS) is 11.1. The highest BCUT2D eigenvalue weighted by Gasteiger charge is 2.21. The Morgan fingerprint density at radius 1 is 1.06 bits per heavy atom. The quantitative estimate of drug-likeness (QED) is 0.296. The first-order valence-corrected chi connectivity index (χ1v) is 7.48. The van der Waals surface area contributed by atoms with Crippen LogP contribution < -0.4 is 10.6 Å². The van der Waals surface area contributed by atoms with E-state index in [-0.39, 0.29) is 38.0 Å². The number of hydrogen-bond donors (Lipinski definition) is 3. The molecule has 0 heterocycles.